The smallest absolute Gasteiger partial charge is 0.371 e. The number of rotatable bonds is 4. The molecule has 100 valence electrons. The summed E-state index contributed by atoms with van der Waals surface area (Å²) in [7, 11) is 0. The fraction of sp³-hybridized carbons (Fsp3) is 0.455. The predicted molar refractivity (Wildman–Crippen MR) is 61.0 cm³/mol. The number of epoxide rings is 1. The average Bonchev–Trinajstić information content (AvgIpc) is 3.06. The Morgan fingerprint density at radius 2 is 2.06 bits per heavy atom. The second-order valence-corrected chi connectivity index (χ2v) is 4.64. The van der Waals surface area contributed by atoms with Crippen LogP contribution in [0.4, 0.5) is 13.2 Å². The molecule has 1 aromatic rings. The van der Waals surface area contributed by atoms with E-state index in [9.17, 15) is 13.2 Å². The van der Waals surface area contributed by atoms with Crippen molar-refractivity contribution in [1.29, 1.82) is 0 Å². The van der Waals surface area contributed by atoms with E-state index < -0.39 is 12.3 Å². The Balaban J connectivity index is 2.23. The molecule has 18 heavy (non-hydrogen) atoms. The van der Waals surface area contributed by atoms with Gasteiger partial charge in [0.1, 0.15) is 6.10 Å². The van der Waals surface area contributed by atoms with Crippen molar-refractivity contribution < 1.29 is 22.6 Å². The number of hydrogen-bond donors (Lipinski definition) is 0. The van der Waals surface area contributed by atoms with Crippen LogP contribution >= 0.6 is 23.2 Å². The highest BCUT2D eigenvalue weighted by atomic mass is 35.5. The van der Waals surface area contributed by atoms with Crippen molar-refractivity contribution in [2.75, 3.05) is 13.2 Å². The van der Waals surface area contributed by atoms with Crippen LogP contribution in [0.25, 0.3) is 0 Å². The van der Waals surface area contributed by atoms with E-state index in [4.69, 9.17) is 32.7 Å². The molecule has 0 spiro atoms. The van der Waals surface area contributed by atoms with Gasteiger partial charge in [0.05, 0.1) is 23.3 Å². The Bertz CT molecular complexity index is 433. The molecule has 1 aromatic carbocycles. The molecule has 0 N–H and O–H groups in total. The Morgan fingerprint density at radius 3 is 2.61 bits per heavy atom. The topological polar surface area (TPSA) is 21.8 Å². The minimum Gasteiger partial charge on any atom is -0.371 e. The van der Waals surface area contributed by atoms with Crippen LogP contribution in [0, 0.1) is 0 Å². The number of halogens is 5. The van der Waals surface area contributed by atoms with Gasteiger partial charge in [-0.3, -0.25) is 0 Å². The zero-order valence-electron chi connectivity index (χ0n) is 9.01. The highest BCUT2D eigenvalue weighted by Gasteiger charge is 2.44. The molecule has 0 aromatic heterocycles. The van der Waals surface area contributed by atoms with Crippen molar-refractivity contribution in [2.45, 2.75) is 18.4 Å². The summed E-state index contributed by atoms with van der Waals surface area (Å²) in [5.41, 5.74) is -0.183. The van der Waals surface area contributed by atoms with E-state index in [0.717, 1.165) is 0 Å². The molecule has 0 amide bonds. The summed E-state index contributed by atoms with van der Waals surface area (Å²) >= 11 is 11.5. The number of hydrogen-bond acceptors (Lipinski definition) is 2. The van der Waals surface area contributed by atoms with E-state index in [1.807, 2.05) is 0 Å². The maximum absolute atomic E-state index is 12.9. The van der Waals surface area contributed by atoms with Crippen LogP contribution in [-0.2, 0) is 9.47 Å². The molecule has 0 radical (unpaired) electrons. The van der Waals surface area contributed by atoms with E-state index in [1.165, 1.54) is 18.2 Å². The van der Waals surface area contributed by atoms with Gasteiger partial charge < -0.3 is 9.47 Å². The van der Waals surface area contributed by atoms with Crippen LogP contribution < -0.4 is 0 Å². The average molecular weight is 301 g/mol. The summed E-state index contributed by atoms with van der Waals surface area (Å²) in [6, 6.07) is 4.07. The van der Waals surface area contributed by atoms with E-state index in [2.05, 4.69) is 0 Å². The lowest BCUT2D eigenvalue weighted by atomic mass is 10.1. The Kier molecular flexibility index (Phi) is 4.06. The molecule has 0 saturated carbocycles. The maximum atomic E-state index is 12.9. The van der Waals surface area contributed by atoms with Crippen LogP contribution in [0.3, 0.4) is 0 Å². The van der Waals surface area contributed by atoms with Gasteiger partial charge in [-0.25, -0.2) is 0 Å². The largest absolute Gasteiger partial charge is 0.418 e. The standard InChI is InChI=1S/C11H9Cl2F3O2/c12-8-3-1-2-7(9(8)13)10(11(14,15)16)18-5-6-4-17-6/h1-3,6,10H,4-5H2/t6-,10+/m1/s1. The molecule has 1 aliphatic heterocycles. The Morgan fingerprint density at radius 1 is 1.39 bits per heavy atom. The first-order valence-electron chi connectivity index (χ1n) is 5.13. The van der Waals surface area contributed by atoms with Gasteiger partial charge in [0, 0.05) is 5.56 Å². The number of alkyl halides is 3. The summed E-state index contributed by atoms with van der Waals surface area (Å²) in [6.07, 6.45) is -6.90. The van der Waals surface area contributed by atoms with Crippen LogP contribution in [0.2, 0.25) is 10.0 Å². The third-order valence-electron chi connectivity index (χ3n) is 2.41. The van der Waals surface area contributed by atoms with Crippen molar-refractivity contribution in [3.05, 3.63) is 33.8 Å². The highest BCUT2D eigenvalue weighted by molar-refractivity contribution is 6.42. The van der Waals surface area contributed by atoms with Crippen molar-refractivity contribution in [2.24, 2.45) is 0 Å². The lowest BCUT2D eigenvalue weighted by Gasteiger charge is -2.22. The summed E-state index contributed by atoms with van der Waals surface area (Å²) < 4.78 is 48.4. The molecule has 7 heteroatoms. The first-order chi connectivity index (χ1) is 8.39. The van der Waals surface area contributed by atoms with Gasteiger partial charge in [-0.05, 0) is 6.07 Å². The van der Waals surface area contributed by atoms with Gasteiger partial charge in [-0.1, -0.05) is 35.3 Å². The van der Waals surface area contributed by atoms with Crippen LogP contribution in [0.5, 0.6) is 0 Å². The van der Waals surface area contributed by atoms with E-state index in [0.29, 0.717) is 6.61 Å². The van der Waals surface area contributed by atoms with Gasteiger partial charge in [-0.2, -0.15) is 13.2 Å². The molecule has 2 atom stereocenters. The SMILES string of the molecule is FC(F)(F)[C@@H](OC[C@H]1CO1)c1cccc(Cl)c1Cl. The lowest BCUT2D eigenvalue weighted by molar-refractivity contribution is -0.224. The monoisotopic (exact) mass is 300 g/mol. The second kappa shape index (κ2) is 5.25. The fourth-order valence-corrected chi connectivity index (χ4v) is 1.86. The normalized spacial score (nSPS) is 20.8. The minimum absolute atomic E-state index is 0.0645. The molecule has 0 bridgehead atoms. The number of ether oxygens (including phenoxy) is 2. The summed E-state index contributed by atoms with van der Waals surface area (Å²) in [6.45, 7) is 0.306. The van der Waals surface area contributed by atoms with Crippen molar-refractivity contribution in [3.63, 3.8) is 0 Å². The van der Waals surface area contributed by atoms with E-state index in [-0.39, 0.29) is 28.3 Å². The van der Waals surface area contributed by atoms with Crippen LogP contribution in [0.15, 0.2) is 18.2 Å². The third-order valence-corrected chi connectivity index (χ3v) is 3.25. The maximum Gasteiger partial charge on any atom is 0.418 e. The summed E-state index contributed by atoms with van der Waals surface area (Å²) in [5, 5.41) is -0.0760. The predicted octanol–water partition coefficient (Wildman–Crippen LogP) is 4.01. The third kappa shape index (κ3) is 3.29. The van der Waals surface area contributed by atoms with Gasteiger partial charge in [-0.15, -0.1) is 0 Å². The minimum atomic E-state index is -4.55. The van der Waals surface area contributed by atoms with Gasteiger partial charge in [0.25, 0.3) is 0 Å². The number of benzene rings is 1. The van der Waals surface area contributed by atoms with Crippen molar-refractivity contribution in [3.8, 4) is 0 Å². The molecule has 0 aliphatic carbocycles. The molecule has 1 fully saturated rings. The van der Waals surface area contributed by atoms with E-state index in [1.54, 1.807) is 0 Å². The molecule has 1 aliphatic rings. The van der Waals surface area contributed by atoms with Crippen LogP contribution in [-0.4, -0.2) is 25.5 Å². The lowest BCUT2D eigenvalue weighted by Crippen LogP contribution is -2.25. The van der Waals surface area contributed by atoms with Crippen LogP contribution in [0.1, 0.15) is 11.7 Å². The summed E-state index contributed by atoms with van der Waals surface area (Å²) in [5.74, 6) is 0. The van der Waals surface area contributed by atoms with Crippen molar-refractivity contribution >= 4 is 23.2 Å². The molecule has 1 saturated heterocycles. The molecule has 2 rings (SSSR count). The van der Waals surface area contributed by atoms with Gasteiger partial charge in [0.15, 0.2) is 6.10 Å². The highest BCUT2D eigenvalue weighted by Crippen LogP contribution is 2.41. The quantitative estimate of drug-likeness (QED) is 0.784. The zero-order valence-corrected chi connectivity index (χ0v) is 10.5. The Hall–Kier alpha value is -0.490. The first-order valence-corrected chi connectivity index (χ1v) is 5.89. The van der Waals surface area contributed by atoms with Gasteiger partial charge >= 0.3 is 6.18 Å². The molecular formula is C11H9Cl2F3O2. The fourth-order valence-electron chi connectivity index (χ4n) is 1.45. The first kappa shape index (κ1) is 13.9. The summed E-state index contributed by atoms with van der Waals surface area (Å²) in [4.78, 5) is 0. The molecular weight excluding hydrogens is 292 g/mol. The molecule has 1 heterocycles. The van der Waals surface area contributed by atoms with Crippen molar-refractivity contribution in [1.82, 2.24) is 0 Å². The zero-order chi connectivity index (χ0) is 13.3. The van der Waals surface area contributed by atoms with Gasteiger partial charge in [0.2, 0.25) is 0 Å². The molecule has 2 nitrogen and oxygen atoms in total. The second-order valence-electron chi connectivity index (χ2n) is 3.85. The molecule has 0 unspecified atom stereocenters. The Labute approximate surface area is 112 Å². The van der Waals surface area contributed by atoms with E-state index >= 15 is 0 Å².